The maximum atomic E-state index is 5.10. The molecule has 0 saturated heterocycles. The molecule has 1 aliphatic heterocycles. The third kappa shape index (κ3) is 1.14. The van der Waals surface area contributed by atoms with Crippen molar-refractivity contribution in [2.75, 3.05) is 7.11 Å². The Morgan fingerprint density at radius 3 is 2.85 bits per heavy atom. The predicted molar refractivity (Wildman–Crippen MR) is 52.8 cm³/mol. The minimum atomic E-state index is 0. The summed E-state index contributed by atoms with van der Waals surface area (Å²) in [5.74, 6) is 0.615. The second-order valence-corrected chi connectivity index (χ2v) is 4.48. The molecule has 0 aromatic rings. The van der Waals surface area contributed by atoms with Crippen LogP contribution in [0.2, 0.25) is 0 Å². The van der Waals surface area contributed by atoms with E-state index < -0.39 is 0 Å². The molecule has 0 radical (unpaired) electrons. The highest BCUT2D eigenvalue weighted by molar-refractivity contribution is 5.87. The molecule has 1 aliphatic carbocycles. The number of nitrogens with zero attached hydrogens (tertiary/aromatic N) is 1. The van der Waals surface area contributed by atoms with Gasteiger partial charge in [0.15, 0.2) is 0 Å². The lowest BCUT2D eigenvalue weighted by atomic mass is 9.67. The first kappa shape index (κ1) is 9.16. The molecule has 1 saturated carbocycles. The lowest BCUT2D eigenvalue weighted by Gasteiger charge is -2.45. The molecule has 13 heavy (non-hydrogen) atoms. The molecule has 3 nitrogen and oxygen atoms in total. The number of rotatable bonds is 2. The lowest BCUT2D eigenvalue weighted by Crippen LogP contribution is -2.61. The van der Waals surface area contributed by atoms with Crippen LogP contribution in [0.3, 0.4) is 0 Å². The van der Waals surface area contributed by atoms with Crippen LogP contribution in [0.1, 0.15) is 33.1 Å². The van der Waals surface area contributed by atoms with Crippen LogP contribution in [0.15, 0.2) is 4.99 Å². The Balaban J connectivity index is 2.18. The van der Waals surface area contributed by atoms with Gasteiger partial charge in [0.05, 0.1) is 12.6 Å². The highest BCUT2D eigenvalue weighted by atomic mass is 16.6. The van der Waals surface area contributed by atoms with Gasteiger partial charge in [0.25, 0.3) is 0 Å². The van der Waals surface area contributed by atoms with Gasteiger partial charge in [-0.15, -0.1) is 0 Å². The number of hydrogen-bond donors (Lipinski definition) is 1. The van der Waals surface area contributed by atoms with Crippen LogP contribution in [0.4, 0.5) is 0 Å². The third-order valence-electron chi connectivity index (χ3n) is 3.83. The minimum absolute atomic E-state index is 0. The van der Waals surface area contributed by atoms with Crippen LogP contribution >= 0.6 is 0 Å². The molecular formula is C10H18N2O. The first-order valence-corrected chi connectivity index (χ1v) is 5.01. The van der Waals surface area contributed by atoms with E-state index in [4.69, 9.17) is 4.84 Å². The fraction of sp³-hybridized carbons (Fsp3) is 0.900. The summed E-state index contributed by atoms with van der Waals surface area (Å²) in [7, 11) is 1.68. The Morgan fingerprint density at radius 1 is 1.62 bits per heavy atom. The molecule has 74 valence electrons. The van der Waals surface area contributed by atoms with E-state index in [0.29, 0.717) is 5.92 Å². The Hall–Kier alpha value is -0.410. The monoisotopic (exact) mass is 182 g/mol. The van der Waals surface area contributed by atoms with Crippen molar-refractivity contribution >= 4 is 6.21 Å². The van der Waals surface area contributed by atoms with Crippen LogP contribution in [-0.4, -0.2) is 24.4 Å². The van der Waals surface area contributed by atoms with Gasteiger partial charge in [-0.25, -0.2) is 0 Å². The van der Waals surface area contributed by atoms with E-state index in [9.17, 15) is 0 Å². The molecule has 0 aromatic carbocycles. The smallest absolute Gasteiger partial charge is 0.115 e. The van der Waals surface area contributed by atoms with E-state index in [2.05, 4.69) is 30.5 Å². The predicted octanol–water partition coefficient (Wildman–Crippen LogP) is 1.54. The number of hydroxylamine groups is 1. The molecule has 2 aliphatic rings. The Morgan fingerprint density at radius 2 is 2.31 bits per heavy atom. The van der Waals surface area contributed by atoms with E-state index in [1.54, 1.807) is 7.11 Å². The molecule has 3 atom stereocenters. The van der Waals surface area contributed by atoms with Crippen molar-refractivity contribution < 1.29 is 4.84 Å². The van der Waals surface area contributed by atoms with Crippen molar-refractivity contribution in [3.05, 3.63) is 0 Å². The van der Waals surface area contributed by atoms with E-state index in [0.717, 1.165) is 0 Å². The molecule has 3 unspecified atom stereocenters. The van der Waals surface area contributed by atoms with Crippen LogP contribution in [-0.2, 0) is 4.84 Å². The lowest BCUT2D eigenvalue weighted by molar-refractivity contribution is -0.0348. The van der Waals surface area contributed by atoms with Crippen molar-refractivity contribution in [2.24, 2.45) is 10.9 Å². The van der Waals surface area contributed by atoms with Crippen LogP contribution in [0.5, 0.6) is 0 Å². The highest BCUT2D eigenvalue weighted by Gasteiger charge is 2.58. The topological polar surface area (TPSA) is 33.6 Å². The molecule has 1 N–H and O–H groups in total. The zero-order chi connectivity index (χ0) is 9.53. The molecular weight excluding hydrogens is 164 g/mol. The molecule has 1 heterocycles. The van der Waals surface area contributed by atoms with Gasteiger partial charge >= 0.3 is 0 Å². The Bertz CT molecular complexity index is 233. The summed E-state index contributed by atoms with van der Waals surface area (Å²) in [5, 5.41) is 0. The highest BCUT2D eigenvalue weighted by Crippen LogP contribution is 2.47. The van der Waals surface area contributed by atoms with Crippen molar-refractivity contribution in [1.82, 2.24) is 5.48 Å². The molecule has 0 aromatic heterocycles. The van der Waals surface area contributed by atoms with Gasteiger partial charge in [-0.2, -0.15) is 5.48 Å². The minimum Gasteiger partial charge on any atom is -0.304 e. The second kappa shape index (κ2) is 2.79. The Labute approximate surface area is 79.5 Å². The maximum Gasteiger partial charge on any atom is 0.115 e. The SMILES string of the molecule is CONC1(C)C(C)CCCC12C=N2. The van der Waals surface area contributed by atoms with Gasteiger partial charge in [-0.05, 0) is 25.7 Å². The van der Waals surface area contributed by atoms with Crippen molar-refractivity contribution in [3.8, 4) is 0 Å². The number of aliphatic imine (C=N–C) groups is 1. The molecule has 1 fully saturated rings. The fourth-order valence-electron chi connectivity index (χ4n) is 2.53. The first-order valence-electron chi connectivity index (χ1n) is 5.01. The van der Waals surface area contributed by atoms with E-state index in [-0.39, 0.29) is 11.1 Å². The van der Waals surface area contributed by atoms with Gasteiger partial charge < -0.3 is 4.84 Å². The van der Waals surface area contributed by atoms with E-state index in [1.807, 2.05) is 0 Å². The average molecular weight is 182 g/mol. The Kier molecular flexibility index (Phi) is 1.96. The van der Waals surface area contributed by atoms with Gasteiger partial charge in [0.1, 0.15) is 5.54 Å². The molecule has 1 spiro atoms. The van der Waals surface area contributed by atoms with Gasteiger partial charge in [-0.1, -0.05) is 13.3 Å². The summed E-state index contributed by atoms with van der Waals surface area (Å²) in [5.41, 5.74) is 3.21. The van der Waals surface area contributed by atoms with Gasteiger partial charge in [0.2, 0.25) is 0 Å². The normalized spacial score (nSPS) is 48.4. The summed E-state index contributed by atoms with van der Waals surface area (Å²) >= 11 is 0. The van der Waals surface area contributed by atoms with Crippen LogP contribution in [0.25, 0.3) is 0 Å². The summed E-state index contributed by atoms with van der Waals surface area (Å²) in [4.78, 5) is 9.55. The largest absolute Gasteiger partial charge is 0.304 e. The van der Waals surface area contributed by atoms with Crippen LogP contribution < -0.4 is 5.48 Å². The fourth-order valence-corrected chi connectivity index (χ4v) is 2.53. The van der Waals surface area contributed by atoms with Crippen molar-refractivity contribution in [2.45, 2.75) is 44.2 Å². The van der Waals surface area contributed by atoms with Crippen LogP contribution in [0, 0.1) is 5.92 Å². The summed E-state index contributed by atoms with van der Waals surface area (Å²) in [6.45, 7) is 4.49. The standard InChI is InChI=1S/C10H18N2O/c1-8-5-4-6-10(7-11-10)9(8,2)12-13-3/h7-8,12H,4-6H2,1-3H3. The quantitative estimate of drug-likeness (QED) is 0.657. The number of hydrogen-bond acceptors (Lipinski definition) is 3. The summed E-state index contributed by atoms with van der Waals surface area (Å²) in [6, 6.07) is 0. The van der Waals surface area contributed by atoms with Gasteiger partial charge in [-0.3, -0.25) is 4.99 Å². The molecule has 0 amide bonds. The van der Waals surface area contributed by atoms with Crippen molar-refractivity contribution in [3.63, 3.8) is 0 Å². The zero-order valence-corrected chi connectivity index (χ0v) is 8.63. The molecule has 3 heteroatoms. The van der Waals surface area contributed by atoms with Gasteiger partial charge in [0, 0.05) is 6.21 Å². The number of nitrogens with one attached hydrogen (secondary N) is 1. The van der Waals surface area contributed by atoms with E-state index in [1.165, 1.54) is 19.3 Å². The summed E-state index contributed by atoms with van der Waals surface area (Å²) < 4.78 is 0. The molecule has 2 rings (SSSR count). The zero-order valence-electron chi connectivity index (χ0n) is 8.63. The molecule has 0 bridgehead atoms. The summed E-state index contributed by atoms with van der Waals surface area (Å²) in [6.07, 6.45) is 5.79. The van der Waals surface area contributed by atoms with E-state index >= 15 is 0 Å². The van der Waals surface area contributed by atoms with Crippen molar-refractivity contribution in [1.29, 1.82) is 0 Å². The first-order chi connectivity index (χ1) is 6.15. The maximum absolute atomic E-state index is 5.10. The average Bonchev–Trinajstić information content (AvgIpc) is 2.84. The second-order valence-electron chi connectivity index (χ2n) is 4.48. The third-order valence-corrected chi connectivity index (χ3v) is 3.83.